The number of aryl methyl sites for hydroxylation is 1. The number of nitrogens with one attached hydrogen (secondary N) is 1. The van der Waals surface area contributed by atoms with E-state index in [1.165, 1.54) is 17.0 Å². The minimum absolute atomic E-state index is 0.0850. The fourth-order valence-electron chi connectivity index (χ4n) is 3.11. The first-order valence-electron chi connectivity index (χ1n) is 8.72. The Morgan fingerprint density at radius 2 is 1.83 bits per heavy atom. The average Bonchev–Trinajstić information content (AvgIpc) is 3.14. The van der Waals surface area contributed by atoms with Gasteiger partial charge in [-0.1, -0.05) is 12.1 Å². The maximum absolute atomic E-state index is 13.3. The molecule has 8 heteroatoms. The maximum atomic E-state index is 13.3. The van der Waals surface area contributed by atoms with E-state index in [4.69, 9.17) is 0 Å². The first-order valence-corrected chi connectivity index (χ1v) is 8.72. The summed E-state index contributed by atoms with van der Waals surface area (Å²) < 4.78 is 39.8. The zero-order valence-corrected chi connectivity index (χ0v) is 15.2. The third kappa shape index (κ3) is 3.56. The number of benzene rings is 2. The molecule has 0 aliphatic carbocycles. The number of H-pyrrole nitrogens is 1. The molecule has 0 saturated carbocycles. The molecule has 0 bridgehead atoms. The number of aromatic amines is 1. The van der Waals surface area contributed by atoms with E-state index in [2.05, 4.69) is 15.2 Å². The molecule has 0 saturated heterocycles. The SMILES string of the molecule is Cc1cc(C(=O)N(c2cccc(C(F)(F)F)c2)c2cccc3ncccc23)n[nH]1. The van der Waals surface area contributed by atoms with E-state index < -0.39 is 17.6 Å². The van der Waals surface area contributed by atoms with Crippen molar-refractivity contribution in [3.8, 4) is 0 Å². The summed E-state index contributed by atoms with van der Waals surface area (Å²) in [4.78, 5) is 18.8. The number of carbonyl (C=O) groups is 1. The molecule has 1 amide bonds. The first-order chi connectivity index (χ1) is 13.8. The molecule has 2 aromatic carbocycles. The Kier molecular flexibility index (Phi) is 4.54. The number of amides is 1. The summed E-state index contributed by atoms with van der Waals surface area (Å²) in [6.45, 7) is 1.74. The van der Waals surface area contributed by atoms with Crippen molar-refractivity contribution in [2.24, 2.45) is 0 Å². The molecular weight excluding hydrogens is 381 g/mol. The summed E-state index contributed by atoms with van der Waals surface area (Å²) in [5, 5.41) is 7.31. The molecule has 0 radical (unpaired) electrons. The van der Waals surface area contributed by atoms with Gasteiger partial charge in [-0.25, -0.2) is 0 Å². The molecule has 0 aliphatic heterocycles. The molecule has 0 atom stereocenters. The largest absolute Gasteiger partial charge is 0.416 e. The van der Waals surface area contributed by atoms with Crippen molar-refractivity contribution in [3.05, 3.63) is 83.8 Å². The molecule has 4 rings (SSSR count). The van der Waals surface area contributed by atoms with Gasteiger partial charge >= 0.3 is 6.18 Å². The summed E-state index contributed by atoms with van der Waals surface area (Å²) in [5.74, 6) is -0.551. The molecule has 1 N–H and O–H groups in total. The van der Waals surface area contributed by atoms with Crippen molar-refractivity contribution in [2.45, 2.75) is 13.1 Å². The zero-order valence-electron chi connectivity index (χ0n) is 15.2. The molecule has 5 nitrogen and oxygen atoms in total. The van der Waals surface area contributed by atoms with Gasteiger partial charge in [-0.2, -0.15) is 18.3 Å². The summed E-state index contributed by atoms with van der Waals surface area (Å²) in [7, 11) is 0. The molecule has 0 aliphatic rings. The number of aromatic nitrogens is 3. The molecular formula is C21H15F3N4O. The van der Waals surface area contributed by atoms with Crippen LogP contribution < -0.4 is 4.90 Å². The second kappa shape index (κ2) is 7.05. The van der Waals surface area contributed by atoms with E-state index in [0.29, 0.717) is 22.3 Å². The topological polar surface area (TPSA) is 61.9 Å². The lowest BCUT2D eigenvalue weighted by Gasteiger charge is -2.24. The zero-order chi connectivity index (χ0) is 20.6. The summed E-state index contributed by atoms with van der Waals surface area (Å²) in [6.07, 6.45) is -2.92. The lowest BCUT2D eigenvalue weighted by molar-refractivity contribution is -0.137. The highest BCUT2D eigenvalue weighted by Crippen LogP contribution is 2.36. The van der Waals surface area contributed by atoms with Crippen LogP contribution in [0, 0.1) is 6.92 Å². The predicted molar refractivity (Wildman–Crippen MR) is 103 cm³/mol. The third-order valence-corrected chi connectivity index (χ3v) is 4.42. The Balaban J connectivity index is 1.94. The Morgan fingerprint density at radius 1 is 1.03 bits per heavy atom. The standard InChI is InChI=1S/C21H15F3N4O/c1-13-11-18(27-26-13)20(29)28(15-6-2-5-14(12-15)21(22,23)24)19-9-3-8-17-16(19)7-4-10-25-17/h2-12H,1H3,(H,26,27). The van der Waals surface area contributed by atoms with Gasteiger partial charge in [0.1, 0.15) is 0 Å². The molecule has 29 heavy (non-hydrogen) atoms. The van der Waals surface area contributed by atoms with Gasteiger partial charge in [-0.3, -0.25) is 19.8 Å². The number of anilines is 2. The highest BCUT2D eigenvalue weighted by atomic mass is 19.4. The lowest BCUT2D eigenvalue weighted by atomic mass is 10.1. The summed E-state index contributed by atoms with van der Waals surface area (Å²) >= 11 is 0. The molecule has 4 aromatic rings. The number of hydrogen-bond donors (Lipinski definition) is 1. The van der Waals surface area contributed by atoms with E-state index in [1.54, 1.807) is 49.5 Å². The van der Waals surface area contributed by atoms with Gasteiger partial charge in [-0.15, -0.1) is 0 Å². The molecule has 0 unspecified atom stereocenters. The Labute approximate surface area is 163 Å². The average molecular weight is 396 g/mol. The van der Waals surface area contributed by atoms with Gasteiger partial charge in [0.2, 0.25) is 0 Å². The van der Waals surface area contributed by atoms with E-state index in [9.17, 15) is 18.0 Å². The number of pyridine rings is 1. The number of hydrogen-bond acceptors (Lipinski definition) is 3. The van der Waals surface area contributed by atoms with E-state index >= 15 is 0 Å². The van der Waals surface area contributed by atoms with Gasteiger partial charge in [-0.05, 0) is 55.5 Å². The first kappa shape index (κ1) is 18.7. The maximum Gasteiger partial charge on any atom is 0.416 e. The summed E-state index contributed by atoms with van der Waals surface area (Å²) in [6, 6.07) is 14.8. The number of rotatable bonds is 3. The van der Waals surface area contributed by atoms with E-state index in [0.717, 1.165) is 12.1 Å². The highest BCUT2D eigenvalue weighted by Gasteiger charge is 2.32. The number of halogens is 3. The van der Waals surface area contributed by atoms with Gasteiger partial charge in [0, 0.05) is 23.0 Å². The van der Waals surface area contributed by atoms with Gasteiger partial charge in [0.15, 0.2) is 5.69 Å². The number of alkyl halides is 3. The van der Waals surface area contributed by atoms with E-state index in [1.807, 2.05) is 0 Å². The lowest BCUT2D eigenvalue weighted by Crippen LogP contribution is -2.27. The minimum atomic E-state index is -4.53. The van der Waals surface area contributed by atoms with Crippen LogP contribution in [0.4, 0.5) is 24.5 Å². The van der Waals surface area contributed by atoms with Crippen molar-refractivity contribution < 1.29 is 18.0 Å². The van der Waals surface area contributed by atoms with Crippen LogP contribution in [-0.4, -0.2) is 21.1 Å². The van der Waals surface area contributed by atoms with Crippen LogP contribution >= 0.6 is 0 Å². The monoisotopic (exact) mass is 396 g/mol. The Hall–Kier alpha value is -3.68. The molecule has 146 valence electrons. The van der Waals surface area contributed by atoms with Crippen LogP contribution in [-0.2, 0) is 6.18 Å². The fourth-order valence-corrected chi connectivity index (χ4v) is 3.11. The molecule has 0 fully saturated rings. The minimum Gasteiger partial charge on any atom is -0.282 e. The van der Waals surface area contributed by atoms with Crippen molar-refractivity contribution in [3.63, 3.8) is 0 Å². The molecule has 2 aromatic heterocycles. The Morgan fingerprint density at radius 3 is 2.55 bits per heavy atom. The second-order valence-corrected chi connectivity index (χ2v) is 6.47. The Bertz CT molecular complexity index is 1190. The highest BCUT2D eigenvalue weighted by molar-refractivity contribution is 6.14. The quantitative estimate of drug-likeness (QED) is 0.514. The fraction of sp³-hybridized carbons (Fsp3) is 0.0952. The van der Waals surface area contributed by atoms with Gasteiger partial charge in [0.25, 0.3) is 5.91 Å². The van der Waals surface area contributed by atoms with Crippen molar-refractivity contribution in [1.29, 1.82) is 0 Å². The van der Waals surface area contributed by atoms with Crippen LogP contribution in [0.3, 0.4) is 0 Å². The smallest absolute Gasteiger partial charge is 0.282 e. The van der Waals surface area contributed by atoms with Crippen LogP contribution in [0.1, 0.15) is 21.7 Å². The molecule has 2 heterocycles. The van der Waals surface area contributed by atoms with Crippen molar-refractivity contribution >= 4 is 28.2 Å². The summed E-state index contributed by atoms with van der Waals surface area (Å²) in [5.41, 5.74) is 1.04. The number of carbonyl (C=O) groups excluding carboxylic acids is 1. The third-order valence-electron chi connectivity index (χ3n) is 4.42. The molecule has 0 spiro atoms. The van der Waals surface area contributed by atoms with Crippen LogP contribution in [0.15, 0.2) is 66.9 Å². The predicted octanol–water partition coefficient (Wildman–Crippen LogP) is 5.26. The second-order valence-electron chi connectivity index (χ2n) is 6.47. The van der Waals surface area contributed by atoms with Crippen LogP contribution in [0.25, 0.3) is 10.9 Å². The van der Waals surface area contributed by atoms with Gasteiger partial charge in [0.05, 0.1) is 16.8 Å². The normalized spacial score (nSPS) is 11.6. The van der Waals surface area contributed by atoms with Crippen molar-refractivity contribution in [1.82, 2.24) is 15.2 Å². The van der Waals surface area contributed by atoms with Gasteiger partial charge < -0.3 is 0 Å². The number of fused-ring (bicyclic) bond motifs is 1. The van der Waals surface area contributed by atoms with E-state index in [-0.39, 0.29) is 11.4 Å². The number of nitrogens with zero attached hydrogens (tertiary/aromatic N) is 3. The van der Waals surface area contributed by atoms with Crippen molar-refractivity contribution in [2.75, 3.05) is 4.90 Å². The van der Waals surface area contributed by atoms with Crippen LogP contribution in [0.2, 0.25) is 0 Å². The van der Waals surface area contributed by atoms with Crippen LogP contribution in [0.5, 0.6) is 0 Å².